The maximum absolute atomic E-state index is 11.6. The Morgan fingerprint density at radius 3 is 1.60 bits per heavy atom. The van der Waals surface area contributed by atoms with Crippen LogP contribution >= 0.6 is 38.7 Å². The van der Waals surface area contributed by atoms with E-state index in [9.17, 15) is 62.9 Å². The molecule has 92 heavy (non-hydrogen) atoms. The normalized spacial score (nSPS) is 10.1. The van der Waals surface area contributed by atoms with Gasteiger partial charge < -0.3 is 69.0 Å². The standard InChI is InChI=1S/C18H14N3O11S3.C12H11NO8S2.C6H4N2O6S2.CH2O3.CO2.6Na.O3S.H2O/c1-9(22)19-15-8-12(35(24,25)26)6-10-2-4-13(18(23)17(10)15)20-21-14-7-11(27-29-31-33)3-5-16(14)28-30-32-34;1-6(14)13-10-5-9(23(18,19)20)3-7-2-8(21-22(16)17)4-11(15)12(7)10;7-8-5-3-4(12-13-14-15)1-2-6(5)16(9,10)11;2-1-4-3;2-1-3;;;;;;;1-4(2)3;/h2-3,5-8,23,33-34H,1H3,(H,19,22)(H,24,25,26);2-5,15H,1H3,(H,13,14)(H,16,17)(H,18,19,20);1-3H,(H-,9,10,11,15);1,3H;;;;;;;;;1H2/q-1;;;;;;;4*+1;;/p-3. The number of phenolic OH excluding ortho intramolecular Hbond substituents is 2. The number of benzene rings is 6. The SMILES string of the molecule is CC(=O)Nc1cc(S(=O)(=O)O)cc2cc(OS(=O)[O-])cc(O)c12.CC(=O)Nc1cc(S(=O)(=O)[O-])cc2c[c-]c(N=Nc3cc(OOOS)ccc3OOOS)c(O)c12.N#[N+]c1cc(OOOS)ccc1S(=O)(=O)[O-].O.O=C=O.O=CO[O-].O=S(=O)=O.[Na+].[Na+].[Na+].[Na+].[Na].[Na]. The Hall–Kier alpha value is -2.36. The van der Waals surface area contributed by atoms with Crippen molar-refractivity contribution in [1.82, 2.24) is 0 Å². The molecule has 0 spiro atoms. The smallest absolute Gasteiger partial charge is 0.744 e. The van der Waals surface area contributed by atoms with Crippen molar-refractivity contribution in [3.63, 3.8) is 0 Å². The molecule has 6 aromatic rings. The van der Waals surface area contributed by atoms with Crippen molar-refractivity contribution in [3.05, 3.63) is 89.9 Å². The number of rotatable bonds is 19. The second kappa shape index (κ2) is 52.7. The molecule has 6 rings (SSSR count). The van der Waals surface area contributed by atoms with Crippen LogP contribution in [0.4, 0.5) is 28.4 Å². The average molecular weight is 1510 g/mol. The summed E-state index contributed by atoms with van der Waals surface area (Å²) in [5.74, 6) is -2.39. The van der Waals surface area contributed by atoms with E-state index in [1.54, 1.807) is 0 Å². The fourth-order valence-electron chi connectivity index (χ4n) is 5.66. The largest absolute Gasteiger partial charge is 1.00 e. The first-order valence-corrected chi connectivity index (χ1v) is 27.3. The number of anilines is 2. The molecule has 0 aliphatic rings. The van der Waals surface area contributed by atoms with Crippen molar-refractivity contribution < 1.29 is 275 Å². The number of hydrogen-bond donors (Lipinski definition) is 8. The number of carbonyl (C=O) groups is 3. The molecular weight excluding hydrogens is 1480 g/mol. The minimum atomic E-state index is -4.86. The number of fused-ring (bicyclic) bond motifs is 2. The van der Waals surface area contributed by atoms with Crippen molar-refractivity contribution in [3.8, 4) is 34.5 Å². The van der Waals surface area contributed by atoms with Crippen molar-refractivity contribution in [2.24, 2.45) is 10.2 Å². The molecule has 6 aromatic carbocycles. The van der Waals surface area contributed by atoms with Crippen LogP contribution in [0.25, 0.3) is 26.5 Å². The van der Waals surface area contributed by atoms with Crippen molar-refractivity contribution >= 4 is 225 Å². The molecule has 2 radical (unpaired) electrons. The van der Waals surface area contributed by atoms with Crippen LogP contribution in [0.5, 0.6) is 34.5 Å². The molecule has 0 saturated heterocycles. The van der Waals surface area contributed by atoms with E-state index in [2.05, 4.69) is 113 Å². The van der Waals surface area contributed by atoms with Gasteiger partial charge in [-0.05, 0) is 69.0 Å². The van der Waals surface area contributed by atoms with Crippen LogP contribution in [0.1, 0.15) is 13.8 Å². The first kappa shape index (κ1) is 103. The Morgan fingerprint density at radius 2 is 1.16 bits per heavy atom. The number of thiol groups is 3. The van der Waals surface area contributed by atoms with Crippen LogP contribution in [0.2, 0.25) is 0 Å². The van der Waals surface area contributed by atoms with Crippen LogP contribution < -0.4 is 153 Å². The monoisotopic (exact) mass is 1510 g/mol. The minimum absolute atomic E-state index is 0. The second-order valence-electron chi connectivity index (χ2n) is 13.7. The molecule has 0 aromatic heterocycles. The van der Waals surface area contributed by atoms with Crippen LogP contribution in [0, 0.1) is 11.5 Å². The molecule has 2 amide bonds. The van der Waals surface area contributed by atoms with Crippen LogP contribution in [-0.4, -0.2) is 160 Å². The molecule has 470 valence electrons. The minimum Gasteiger partial charge on any atom is -0.744 e. The summed E-state index contributed by atoms with van der Waals surface area (Å²) in [7, 11) is -17.3. The predicted molar refractivity (Wildman–Crippen MR) is 288 cm³/mol. The summed E-state index contributed by atoms with van der Waals surface area (Å²) in [6.45, 7) is 2.15. The first-order valence-electron chi connectivity index (χ1n) is 20.0. The molecule has 0 aliphatic heterocycles. The molecule has 0 fully saturated rings. The van der Waals surface area contributed by atoms with Gasteiger partial charge in [-0.1, -0.05) is 11.5 Å². The fraction of sp³-hybridized carbons (Fsp3) is 0.0526. The van der Waals surface area contributed by atoms with Gasteiger partial charge in [0.1, 0.15) is 53.7 Å². The Morgan fingerprint density at radius 1 is 0.707 bits per heavy atom. The summed E-state index contributed by atoms with van der Waals surface area (Å²) in [6, 6.07) is 16.8. The molecule has 1 unspecified atom stereocenters. The Bertz CT molecular complexity index is 3990. The quantitative estimate of drug-likeness (QED) is 0.00319. The van der Waals surface area contributed by atoms with E-state index in [4.69, 9.17) is 52.0 Å². The van der Waals surface area contributed by atoms with Gasteiger partial charge in [-0.25, -0.2) is 21.0 Å². The van der Waals surface area contributed by atoms with E-state index in [-0.39, 0.29) is 263 Å². The second-order valence-corrected chi connectivity index (χ2v) is 19.3. The average Bonchev–Trinajstić information content (AvgIpc) is 1.22. The summed E-state index contributed by atoms with van der Waals surface area (Å²) in [5, 5.41) is 62.9. The van der Waals surface area contributed by atoms with E-state index in [1.807, 2.05) is 0 Å². The molecule has 0 heterocycles. The number of hydrogen-bond acceptors (Lipinski definition) is 38. The number of aromatic hydroxyl groups is 2. The maximum atomic E-state index is 11.6. The maximum Gasteiger partial charge on any atom is 1.00 e. The molecular formula is C38H30N6Na6O34S8. The zero-order valence-corrected chi connectivity index (χ0v) is 66.1. The molecule has 1 atom stereocenters. The van der Waals surface area contributed by atoms with Crippen LogP contribution in [-0.2, 0) is 109 Å². The van der Waals surface area contributed by atoms with Gasteiger partial charge in [-0.2, -0.15) is 35.3 Å². The summed E-state index contributed by atoms with van der Waals surface area (Å²) < 4.78 is 161. The number of diazo groups is 1. The van der Waals surface area contributed by atoms with Gasteiger partial charge in [-0.3, -0.25) is 18.9 Å². The van der Waals surface area contributed by atoms with Gasteiger partial charge in [0, 0.05) is 151 Å². The topological polar surface area (TPSA) is 619 Å². The van der Waals surface area contributed by atoms with E-state index < -0.39 is 96.0 Å². The zero-order valence-electron chi connectivity index (χ0n) is 47.3. The predicted octanol–water partition coefficient (Wildman–Crippen LogP) is -10.8. The Balaban J connectivity index is -0.000000221. The van der Waals surface area contributed by atoms with E-state index in [1.165, 1.54) is 31.2 Å². The Kier molecular flexibility index (Phi) is 59.1. The summed E-state index contributed by atoms with van der Waals surface area (Å²) in [4.78, 5) is 65.1. The summed E-state index contributed by atoms with van der Waals surface area (Å²) >= 11 is 7.02. The molecule has 40 nitrogen and oxygen atoms in total. The molecule has 0 bridgehead atoms. The van der Waals surface area contributed by atoms with Gasteiger partial charge >= 0.3 is 141 Å². The number of carbonyl (C=O) groups excluding carboxylic acids is 5. The van der Waals surface area contributed by atoms with E-state index >= 15 is 0 Å². The van der Waals surface area contributed by atoms with E-state index in [0.717, 1.165) is 61.5 Å². The third kappa shape index (κ3) is 38.5. The van der Waals surface area contributed by atoms with Gasteiger partial charge in [0.25, 0.3) is 16.6 Å². The number of azo groups is 1. The van der Waals surface area contributed by atoms with Crippen LogP contribution in [0.3, 0.4) is 0 Å². The molecule has 54 heteroatoms. The van der Waals surface area contributed by atoms with E-state index in [0.29, 0.717) is 0 Å². The van der Waals surface area contributed by atoms with Gasteiger partial charge in [0.2, 0.25) is 17.2 Å². The van der Waals surface area contributed by atoms with Crippen molar-refractivity contribution in [1.29, 1.82) is 5.39 Å². The number of phenols is 2. The first-order chi connectivity index (χ1) is 39.8. The number of amides is 2. The van der Waals surface area contributed by atoms with Gasteiger partial charge in [-0.15, -0.1) is 36.1 Å². The molecule has 7 N–H and O–H groups in total. The molecule has 0 aliphatic carbocycles. The third-order valence-electron chi connectivity index (χ3n) is 8.33. The zero-order chi connectivity index (χ0) is 64.8. The van der Waals surface area contributed by atoms with Gasteiger partial charge in [0.05, 0.1) is 16.6 Å². The number of nitrogens with zero attached hydrogens (tertiary/aromatic N) is 4. The Labute approximate surface area is 669 Å². The van der Waals surface area contributed by atoms with Crippen LogP contribution in [0.15, 0.2) is 104 Å². The summed E-state index contributed by atoms with van der Waals surface area (Å²) in [6.07, 6.45) is 0.250. The van der Waals surface area contributed by atoms with Crippen molar-refractivity contribution in [2.45, 2.75) is 28.5 Å². The number of nitrogens with one attached hydrogen (secondary N) is 2. The van der Waals surface area contributed by atoms with Gasteiger partial charge in [0.15, 0.2) is 22.2 Å². The molecule has 0 saturated carbocycles. The van der Waals surface area contributed by atoms with Crippen molar-refractivity contribution in [2.75, 3.05) is 10.6 Å². The fourth-order valence-corrected chi connectivity index (χ4v) is 7.67. The third-order valence-corrected chi connectivity index (χ3v) is 11.4. The summed E-state index contributed by atoms with van der Waals surface area (Å²) in [5.41, 5.74) is -0.945.